The van der Waals surface area contributed by atoms with Crippen LogP contribution >= 0.6 is 11.6 Å². The fourth-order valence-electron chi connectivity index (χ4n) is 2.03. The van der Waals surface area contributed by atoms with Crippen LogP contribution in [-0.4, -0.2) is 31.1 Å². The first kappa shape index (κ1) is 19.6. The van der Waals surface area contributed by atoms with Crippen molar-refractivity contribution in [3.8, 4) is 0 Å². The third-order valence-electron chi connectivity index (χ3n) is 3.45. The van der Waals surface area contributed by atoms with Crippen molar-refractivity contribution in [2.75, 3.05) is 4.72 Å². The Morgan fingerprint density at radius 3 is 2.42 bits per heavy atom. The molecule has 0 spiro atoms. The van der Waals surface area contributed by atoms with E-state index in [4.69, 9.17) is 16.7 Å². The van der Waals surface area contributed by atoms with Gasteiger partial charge in [-0.25, -0.2) is 13.2 Å². The lowest BCUT2D eigenvalue weighted by Crippen LogP contribution is -2.17. The Morgan fingerprint density at radius 1 is 1.12 bits per heavy atom. The lowest BCUT2D eigenvalue weighted by atomic mass is 10.1. The molecule has 2 aromatic rings. The predicted molar refractivity (Wildman–Crippen MR) is 95.0 cm³/mol. The molecule has 0 radical (unpaired) electrons. The number of sulfonamides is 1. The monoisotopic (exact) mass is 395 g/mol. The normalized spacial score (nSPS) is 11.0. The van der Waals surface area contributed by atoms with Crippen LogP contribution in [-0.2, 0) is 19.6 Å². The first-order valence-corrected chi connectivity index (χ1v) is 9.14. The number of carboxylic acid groups (broad SMARTS) is 1. The molecule has 7 nitrogen and oxygen atoms in total. The summed E-state index contributed by atoms with van der Waals surface area (Å²) in [6.45, 7) is 1.74. The standard InChI is InChI=1S/C17H14ClNO6S/c1-10-5-6-13(8-14(10)18)26(24,25)19-12-4-2-3-11(7-12)15(20)9-16(21)17(22)23/h2-8,19H,9H2,1H3,(H,22,23). The number of carboxylic acids is 1. The number of ketones is 2. The number of hydrogen-bond donors (Lipinski definition) is 2. The van der Waals surface area contributed by atoms with E-state index in [0.717, 1.165) is 5.56 Å². The Labute approximate surface area is 154 Å². The van der Waals surface area contributed by atoms with Crippen LogP contribution in [0, 0.1) is 6.92 Å². The zero-order chi connectivity index (χ0) is 19.5. The molecular formula is C17H14ClNO6S. The molecule has 0 aliphatic rings. The number of nitrogens with one attached hydrogen (secondary N) is 1. The fraction of sp³-hybridized carbons (Fsp3) is 0.118. The molecule has 0 aliphatic carbocycles. The van der Waals surface area contributed by atoms with Gasteiger partial charge in [-0.05, 0) is 36.8 Å². The molecule has 26 heavy (non-hydrogen) atoms. The van der Waals surface area contributed by atoms with E-state index in [-0.39, 0.29) is 16.1 Å². The average molecular weight is 396 g/mol. The highest BCUT2D eigenvalue weighted by atomic mass is 35.5. The minimum atomic E-state index is -3.94. The number of halogens is 1. The smallest absolute Gasteiger partial charge is 0.372 e. The van der Waals surface area contributed by atoms with Crippen LogP contribution in [0.3, 0.4) is 0 Å². The van der Waals surface area contributed by atoms with E-state index in [1.54, 1.807) is 13.0 Å². The first-order chi connectivity index (χ1) is 12.1. The SMILES string of the molecule is Cc1ccc(S(=O)(=O)Nc2cccc(C(=O)CC(=O)C(=O)O)c2)cc1Cl. The molecule has 0 atom stereocenters. The van der Waals surface area contributed by atoms with Crippen molar-refractivity contribution in [3.63, 3.8) is 0 Å². The summed E-state index contributed by atoms with van der Waals surface area (Å²) in [6, 6.07) is 9.68. The number of carbonyl (C=O) groups is 3. The van der Waals surface area contributed by atoms with Gasteiger partial charge in [0.15, 0.2) is 5.78 Å². The third-order valence-corrected chi connectivity index (χ3v) is 5.24. The highest BCUT2D eigenvalue weighted by molar-refractivity contribution is 7.92. The van der Waals surface area contributed by atoms with Gasteiger partial charge in [-0.3, -0.25) is 14.3 Å². The van der Waals surface area contributed by atoms with Gasteiger partial charge in [0.2, 0.25) is 5.78 Å². The topological polar surface area (TPSA) is 118 Å². The van der Waals surface area contributed by atoms with E-state index in [1.165, 1.54) is 36.4 Å². The van der Waals surface area contributed by atoms with Crippen molar-refractivity contribution in [1.29, 1.82) is 0 Å². The molecule has 9 heteroatoms. The maximum Gasteiger partial charge on any atom is 0.372 e. The Hall–Kier alpha value is -2.71. The molecule has 0 aliphatic heterocycles. The number of Topliss-reactive ketones (excluding diaryl/α,β-unsaturated/α-hetero) is 2. The van der Waals surface area contributed by atoms with Gasteiger partial charge in [0, 0.05) is 16.3 Å². The highest BCUT2D eigenvalue weighted by Crippen LogP contribution is 2.23. The lowest BCUT2D eigenvalue weighted by molar-refractivity contribution is -0.148. The van der Waals surface area contributed by atoms with Crippen LogP contribution in [0.2, 0.25) is 5.02 Å². The van der Waals surface area contributed by atoms with E-state index in [0.29, 0.717) is 5.02 Å². The quantitative estimate of drug-likeness (QED) is 0.422. The van der Waals surface area contributed by atoms with Gasteiger partial charge in [-0.15, -0.1) is 0 Å². The molecular weight excluding hydrogens is 382 g/mol. The van der Waals surface area contributed by atoms with E-state index in [9.17, 15) is 22.8 Å². The van der Waals surface area contributed by atoms with Gasteiger partial charge < -0.3 is 5.11 Å². The summed E-state index contributed by atoms with van der Waals surface area (Å²) in [7, 11) is -3.94. The second kappa shape index (κ2) is 7.67. The molecule has 2 N–H and O–H groups in total. The van der Waals surface area contributed by atoms with Crippen molar-refractivity contribution in [3.05, 3.63) is 58.6 Å². The molecule has 0 fully saturated rings. The van der Waals surface area contributed by atoms with Gasteiger partial charge in [0.05, 0.1) is 11.3 Å². The van der Waals surface area contributed by atoms with E-state index in [1.807, 2.05) is 0 Å². The summed E-state index contributed by atoms with van der Waals surface area (Å²) in [5, 5.41) is 8.84. The lowest BCUT2D eigenvalue weighted by Gasteiger charge is -2.10. The van der Waals surface area contributed by atoms with Crippen molar-refractivity contribution in [2.24, 2.45) is 0 Å². The Bertz CT molecular complexity index is 1000. The summed E-state index contributed by atoms with van der Waals surface area (Å²) in [6.07, 6.45) is -0.806. The molecule has 0 saturated carbocycles. The van der Waals surface area contributed by atoms with E-state index >= 15 is 0 Å². The summed E-state index contributed by atoms with van der Waals surface area (Å²) in [5.74, 6) is -3.67. The molecule has 0 aromatic heterocycles. The molecule has 0 bridgehead atoms. The molecule has 0 heterocycles. The van der Waals surface area contributed by atoms with Gasteiger partial charge in [-0.2, -0.15) is 0 Å². The molecule has 2 aromatic carbocycles. The van der Waals surface area contributed by atoms with Crippen LogP contribution in [0.4, 0.5) is 5.69 Å². The van der Waals surface area contributed by atoms with Gasteiger partial charge in [0.25, 0.3) is 10.0 Å². The number of benzene rings is 2. The number of aryl methyl sites for hydroxylation is 1. The molecule has 2 rings (SSSR count). The van der Waals surface area contributed by atoms with Crippen LogP contribution in [0.25, 0.3) is 0 Å². The number of anilines is 1. The summed E-state index contributed by atoms with van der Waals surface area (Å²) in [5.41, 5.74) is 0.832. The zero-order valence-corrected chi connectivity index (χ0v) is 15.1. The summed E-state index contributed by atoms with van der Waals surface area (Å²) >= 11 is 5.95. The number of hydrogen-bond acceptors (Lipinski definition) is 5. The van der Waals surface area contributed by atoms with Gasteiger partial charge in [-0.1, -0.05) is 29.8 Å². The van der Waals surface area contributed by atoms with Crippen molar-refractivity contribution in [1.82, 2.24) is 0 Å². The number of aliphatic carboxylic acids is 1. The average Bonchev–Trinajstić information content (AvgIpc) is 2.56. The molecule has 136 valence electrons. The van der Waals surface area contributed by atoms with Gasteiger partial charge in [0.1, 0.15) is 0 Å². The van der Waals surface area contributed by atoms with Crippen molar-refractivity contribution >= 4 is 44.8 Å². The summed E-state index contributed by atoms with van der Waals surface area (Å²) in [4.78, 5) is 33.6. The van der Waals surface area contributed by atoms with E-state index in [2.05, 4.69) is 4.72 Å². The van der Waals surface area contributed by atoms with Crippen LogP contribution < -0.4 is 4.72 Å². The fourth-order valence-corrected chi connectivity index (χ4v) is 3.35. The minimum Gasteiger partial charge on any atom is -0.475 e. The van der Waals surface area contributed by atoms with Crippen molar-refractivity contribution < 1.29 is 27.9 Å². The second-order valence-electron chi connectivity index (χ2n) is 5.43. The maximum atomic E-state index is 12.4. The minimum absolute atomic E-state index is 0.0155. The number of rotatable bonds is 7. The Kier molecular flexibility index (Phi) is 5.79. The Morgan fingerprint density at radius 2 is 1.81 bits per heavy atom. The molecule has 0 amide bonds. The Balaban J connectivity index is 2.24. The van der Waals surface area contributed by atoms with Crippen molar-refractivity contribution in [2.45, 2.75) is 18.2 Å². The predicted octanol–water partition coefficient (Wildman–Crippen LogP) is 2.68. The highest BCUT2D eigenvalue weighted by Gasteiger charge is 2.19. The van der Waals surface area contributed by atoms with Gasteiger partial charge >= 0.3 is 5.97 Å². The maximum absolute atomic E-state index is 12.4. The first-order valence-electron chi connectivity index (χ1n) is 7.28. The largest absolute Gasteiger partial charge is 0.475 e. The molecule has 0 saturated heterocycles. The van der Waals surface area contributed by atoms with Crippen LogP contribution in [0.1, 0.15) is 22.3 Å². The van der Waals surface area contributed by atoms with Crippen LogP contribution in [0.15, 0.2) is 47.4 Å². The third kappa shape index (κ3) is 4.68. The zero-order valence-electron chi connectivity index (χ0n) is 13.5. The second-order valence-corrected chi connectivity index (χ2v) is 7.52. The summed E-state index contributed by atoms with van der Waals surface area (Å²) < 4.78 is 27.2. The van der Waals surface area contributed by atoms with E-state index < -0.39 is 34.0 Å². The molecule has 0 unspecified atom stereocenters. The number of carbonyl (C=O) groups excluding carboxylic acids is 2. The van der Waals surface area contributed by atoms with Crippen LogP contribution in [0.5, 0.6) is 0 Å².